The fraction of sp³-hybridized carbons (Fsp3) is 0.533. The van der Waals surface area contributed by atoms with Crippen LogP contribution in [0.25, 0.3) is 0 Å². The Bertz CT molecular complexity index is 544. The number of benzene rings is 1. The zero-order chi connectivity index (χ0) is 15.4. The minimum absolute atomic E-state index is 0.155. The van der Waals surface area contributed by atoms with Crippen LogP contribution < -0.4 is 10.1 Å². The van der Waals surface area contributed by atoms with Gasteiger partial charge in [0.15, 0.2) is 5.75 Å². The summed E-state index contributed by atoms with van der Waals surface area (Å²) in [5.74, 6) is 0.497. The molecule has 1 aliphatic rings. The Kier molecular flexibility index (Phi) is 4.77. The molecule has 1 amide bonds. The minimum Gasteiger partial charge on any atom is -0.490 e. The summed E-state index contributed by atoms with van der Waals surface area (Å²) in [6.07, 6.45) is 4.23. The second-order valence-electron chi connectivity index (χ2n) is 5.59. The Morgan fingerprint density at radius 2 is 2.19 bits per heavy atom. The molecule has 1 aromatic carbocycles. The quantitative estimate of drug-likeness (QED) is 0.683. The molecule has 0 bridgehead atoms. The van der Waals surface area contributed by atoms with Gasteiger partial charge in [0.2, 0.25) is 0 Å². The van der Waals surface area contributed by atoms with Crippen LogP contribution in [0.3, 0.4) is 0 Å². The molecule has 2 atom stereocenters. The highest BCUT2D eigenvalue weighted by atomic mass is 16.6. The number of nitrogens with one attached hydrogen (secondary N) is 1. The van der Waals surface area contributed by atoms with E-state index in [2.05, 4.69) is 12.2 Å². The van der Waals surface area contributed by atoms with Crippen LogP contribution in [0.1, 0.15) is 43.0 Å². The van der Waals surface area contributed by atoms with E-state index in [0.29, 0.717) is 11.5 Å². The summed E-state index contributed by atoms with van der Waals surface area (Å²) in [5, 5.41) is 13.9. The van der Waals surface area contributed by atoms with Crippen LogP contribution in [-0.2, 0) is 0 Å². The second kappa shape index (κ2) is 6.56. The number of ether oxygens (including phenoxy) is 1. The molecule has 0 radical (unpaired) electrons. The molecule has 114 valence electrons. The predicted octanol–water partition coefficient (Wildman–Crippen LogP) is 2.91. The van der Waals surface area contributed by atoms with Crippen LogP contribution in [0.2, 0.25) is 0 Å². The normalized spacial score (nSPS) is 21.6. The van der Waals surface area contributed by atoms with Crippen LogP contribution in [0.5, 0.6) is 5.75 Å². The third-order valence-electron chi connectivity index (χ3n) is 3.91. The average Bonchev–Trinajstić information content (AvgIpc) is 2.46. The highest BCUT2D eigenvalue weighted by Gasteiger charge is 2.23. The van der Waals surface area contributed by atoms with Crippen molar-refractivity contribution in [2.24, 2.45) is 5.92 Å². The van der Waals surface area contributed by atoms with E-state index >= 15 is 0 Å². The van der Waals surface area contributed by atoms with Gasteiger partial charge >= 0.3 is 5.69 Å². The topological polar surface area (TPSA) is 81.5 Å². The molecule has 1 saturated carbocycles. The number of hydrogen-bond donors (Lipinski definition) is 1. The van der Waals surface area contributed by atoms with Gasteiger partial charge in [-0.25, -0.2) is 0 Å². The molecule has 1 aliphatic carbocycles. The van der Waals surface area contributed by atoms with Gasteiger partial charge in [0.25, 0.3) is 5.91 Å². The summed E-state index contributed by atoms with van der Waals surface area (Å²) in [6.45, 7) is 2.18. The Balaban J connectivity index is 2.12. The molecule has 0 heterocycles. The molecule has 6 heteroatoms. The number of carbonyl (C=O) groups excluding carboxylic acids is 1. The monoisotopic (exact) mass is 292 g/mol. The molecule has 1 N–H and O–H groups in total. The van der Waals surface area contributed by atoms with Crippen molar-refractivity contribution in [2.45, 2.75) is 38.6 Å². The van der Waals surface area contributed by atoms with Crippen LogP contribution in [0, 0.1) is 16.0 Å². The number of methoxy groups -OCH3 is 1. The molecular formula is C15H20N2O4. The molecule has 0 spiro atoms. The first-order valence-corrected chi connectivity index (χ1v) is 7.14. The SMILES string of the molecule is COc1ccc(C(=O)NC2CCCC(C)C2)cc1[N+](=O)[O-]. The maximum atomic E-state index is 12.2. The Morgan fingerprint density at radius 3 is 2.81 bits per heavy atom. The molecule has 2 rings (SSSR count). The van der Waals surface area contributed by atoms with E-state index in [1.807, 2.05) is 0 Å². The third kappa shape index (κ3) is 3.71. The molecular weight excluding hydrogens is 272 g/mol. The summed E-state index contributed by atoms with van der Waals surface area (Å²) < 4.78 is 4.93. The summed E-state index contributed by atoms with van der Waals surface area (Å²) in [7, 11) is 1.37. The van der Waals surface area contributed by atoms with Crippen molar-refractivity contribution in [3.63, 3.8) is 0 Å². The lowest BCUT2D eigenvalue weighted by atomic mass is 9.87. The minimum atomic E-state index is -0.543. The van der Waals surface area contributed by atoms with Crippen molar-refractivity contribution in [3.05, 3.63) is 33.9 Å². The van der Waals surface area contributed by atoms with Crippen LogP contribution in [0.4, 0.5) is 5.69 Å². The number of amides is 1. The molecule has 2 unspecified atom stereocenters. The van der Waals surface area contributed by atoms with Crippen molar-refractivity contribution < 1.29 is 14.5 Å². The largest absolute Gasteiger partial charge is 0.490 e. The predicted molar refractivity (Wildman–Crippen MR) is 78.5 cm³/mol. The van der Waals surface area contributed by atoms with Gasteiger partial charge in [-0.2, -0.15) is 0 Å². The van der Waals surface area contributed by atoms with Gasteiger partial charge in [-0.15, -0.1) is 0 Å². The Morgan fingerprint density at radius 1 is 1.43 bits per heavy atom. The first-order valence-electron chi connectivity index (χ1n) is 7.14. The van der Waals surface area contributed by atoms with Crippen molar-refractivity contribution in [1.29, 1.82) is 0 Å². The fourth-order valence-electron chi connectivity index (χ4n) is 2.81. The highest BCUT2D eigenvalue weighted by molar-refractivity contribution is 5.95. The zero-order valence-corrected chi connectivity index (χ0v) is 12.3. The van der Waals surface area contributed by atoms with E-state index in [1.54, 1.807) is 6.07 Å². The van der Waals surface area contributed by atoms with Gasteiger partial charge in [0.05, 0.1) is 12.0 Å². The molecule has 0 aliphatic heterocycles. The maximum Gasteiger partial charge on any atom is 0.311 e. The summed E-state index contributed by atoms with van der Waals surface area (Å²) in [5.41, 5.74) is 0.0999. The van der Waals surface area contributed by atoms with Crippen molar-refractivity contribution >= 4 is 11.6 Å². The van der Waals surface area contributed by atoms with Gasteiger partial charge in [-0.05, 0) is 30.9 Å². The standard InChI is InChI=1S/C15H20N2O4/c1-10-4-3-5-12(8-10)16-15(18)11-6-7-14(21-2)13(9-11)17(19)20/h6-7,9-10,12H,3-5,8H2,1-2H3,(H,16,18). The number of carbonyl (C=O) groups is 1. The smallest absolute Gasteiger partial charge is 0.311 e. The van der Waals surface area contributed by atoms with Crippen molar-refractivity contribution in [1.82, 2.24) is 5.32 Å². The van der Waals surface area contributed by atoms with E-state index < -0.39 is 4.92 Å². The van der Waals surface area contributed by atoms with Crippen molar-refractivity contribution in [3.8, 4) is 5.75 Å². The first kappa shape index (κ1) is 15.3. The van der Waals surface area contributed by atoms with Gasteiger partial charge < -0.3 is 10.1 Å². The molecule has 21 heavy (non-hydrogen) atoms. The number of nitro benzene ring substituents is 1. The van der Waals surface area contributed by atoms with Gasteiger partial charge in [-0.3, -0.25) is 14.9 Å². The number of rotatable bonds is 4. The molecule has 0 aromatic heterocycles. The number of nitro groups is 1. The Labute approximate surface area is 123 Å². The summed E-state index contributed by atoms with van der Waals surface area (Å²) >= 11 is 0. The zero-order valence-electron chi connectivity index (χ0n) is 12.3. The van der Waals surface area contributed by atoms with E-state index in [9.17, 15) is 14.9 Å². The van der Waals surface area contributed by atoms with Gasteiger partial charge in [0.1, 0.15) is 0 Å². The Hall–Kier alpha value is -2.11. The number of hydrogen-bond acceptors (Lipinski definition) is 4. The van der Waals surface area contributed by atoms with Crippen LogP contribution in [0.15, 0.2) is 18.2 Å². The lowest BCUT2D eigenvalue weighted by Crippen LogP contribution is -2.37. The number of nitrogens with zero attached hydrogens (tertiary/aromatic N) is 1. The lowest BCUT2D eigenvalue weighted by molar-refractivity contribution is -0.385. The molecule has 1 aromatic rings. The molecule has 0 saturated heterocycles. The second-order valence-corrected chi connectivity index (χ2v) is 5.59. The summed E-state index contributed by atoms with van der Waals surface area (Å²) in [6, 6.07) is 4.42. The van der Waals surface area contributed by atoms with Crippen molar-refractivity contribution in [2.75, 3.05) is 7.11 Å². The summed E-state index contributed by atoms with van der Waals surface area (Å²) in [4.78, 5) is 22.7. The lowest BCUT2D eigenvalue weighted by Gasteiger charge is -2.27. The van der Waals surface area contributed by atoms with E-state index in [0.717, 1.165) is 19.3 Å². The maximum absolute atomic E-state index is 12.2. The van der Waals surface area contributed by atoms with E-state index in [4.69, 9.17) is 4.74 Å². The third-order valence-corrected chi connectivity index (χ3v) is 3.91. The highest BCUT2D eigenvalue weighted by Crippen LogP contribution is 2.28. The van der Waals surface area contributed by atoms with Gasteiger partial charge in [0, 0.05) is 17.7 Å². The first-order chi connectivity index (χ1) is 10.0. The molecule has 1 fully saturated rings. The van der Waals surface area contributed by atoms with E-state index in [-0.39, 0.29) is 23.4 Å². The van der Waals surface area contributed by atoms with Gasteiger partial charge in [-0.1, -0.05) is 19.8 Å². The fourth-order valence-corrected chi connectivity index (χ4v) is 2.81. The molecule has 6 nitrogen and oxygen atoms in total. The van der Waals surface area contributed by atoms with E-state index in [1.165, 1.54) is 25.7 Å². The average molecular weight is 292 g/mol. The van der Waals surface area contributed by atoms with Crippen LogP contribution >= 0.6 is 0 Å². The van der Waals surface area contributed by atoms with Crippen LogP contribution in [-0.4, -0.2) is 24.0 Å².